The van der Waals surface area contributed by atoms with Crippen LogP contribution in [0.15, 0.2) is 61.6 Å². The standard InChI is InChI=1S/C29H32F2N8O3/c1-4-28(40)36-22-14-23(26(42-29(30)31)16-25(22)39-9-7-38(8-10-39)11-12-41-3)35-27-15-21(32-18-33-27)19-5-6-24-20(13-19)17-34-37(24)2/h4-6,13-18,29H,1,7-12H2,2-3H3,(H,36,40)(H,32,33,35). The minimum absolute atomic E-state index is 0.0876. The number of ether oxygens (including phenoxy) is 2. The third-order valence-corrected chi connectivity index (χ3v) is 7.05. The quantitative estimate of drug-likeness (QED) is 0.252. The number of aryl methyl sites for hydroxylation is 1. The average molecular weight is 579 g/mol. The Bertz CT molecular complexity index is 1570. The van der Waals surface area contributed by atoms with Gasteiger partial charge in [0.15, 0.2) is 5.75 Å². The molecule has 1 amide bonds. The molecule has 1 saturated heterocycles. The van der Waals surface area contributed by atoms with E-state index in [1.54, 1.807) is 30.1 Å². The van der Waals surface area contributed by atoms with Crippen molar-refractivity contribution in [1.29, 1.82) is 0 Å². The molecule has 0 atom stereocenters. The molecule has 0 unspecified atom stereocenters. The number of nitrogens with one attached hydrogen (secondary N) is 2. The summed E-state index contributed by atoms with van der Waals surface area (Å²) in [6.07, 6.45) is 4.31. The van der Waals surface area contributed by atoms with E-state index in [0.29, 0.717) is 42.6 Å². The fourth-order valence-electron chi connectivity index (χ4n) is 4.88. The van der Waals surface area contributed by atoms with Crippen LogP contribution in [0.5, 0.6) is 5.75 Å². The van der Waals surface area contributed by atoms with E-state index >= 15 is 0 Å². The Morgan fingerprint density at radius 2 is 1.93 bits per heavy atom. The third kappa shape index (κ3) is 6.64. The van der Waals surface area contributed by atoms with E-state index in [1.807, 2.05) is 30.1 Å². The summed E-state index contributed by atoms with van der Waals surface area (Å²) in [5, 5.41) is 11.1. The number of methoxy groups -OCH3 is 1. The number of halogens is 2. The number of aromatic nitrogens is 4. The van der Waals surface area contributed by atoms with Crippen molar-refractivity contribution in [3.05, 3.63) is 61.6 Å². The Kier molecular flexibility index (Phi) is 8.88. The first kappa shape index (κ1) is 28.9. The Morgan fingerprint density at radius 3 is 2.67 bits per heavy atom. The summed E-state index contributed by atoms with van der Waals surface area (Å²) < 4.78 is 39.0. The molecule has 0 spiro atoms. The van der Waals surface area contributed by atoms with Crippen LogP contribution in [0.1, 0.15) is 0 Å². The number of amides is 1. The Morgan fingerprint density at radius 1 is 1.12 bits per heavy atom. The van der Waals surface area contributed by atoms with Gasteiger partial charge >= 0.3 is 6.61 Å². The van der Waals surface area contributed by atoms with Gasteiger partial charge in [-0.3, -0.25) is 14.4 Å². The molecule has 0 aliphatic carbocycles. The van der Waals surface area contributed by atoms with Gasteiger partial charge in [-0.05, 0) is 24.3 Å². The van der Waals surface area contributed by atoms with Crippen molar-refractivity contribution in [3.63, 3.8) is 0 Å². The van der Waals surface area contributed by atoms with Crippen molar-refractivity contribution < 1.29 is 23.0 Å². The molecule has 1 aliphatic rings. The highest BCUT2D eigenvalue weighted by Gasteiger charge is 2.23. The number of carbonyl (C=O) groups excluding carboxylic acids is 1. The fourth-order valence-corrected chi connectivity index (χ4v) is 4.88. The number of hydrogen-bond acceptors (Lipinski definition) is 9. The summed E-state index contributed by atoms with van der Waals surface area (Å²) >= 11 is 0. The lowest BCUT2D eigenvalue weighted by Crippen LogP contribution is -2.47. The zero-order valence-electron chi connectivity index (χ0n) is 23.4. The lowest BCUT2D eigenvalue weighted by atomic mass is 10.1. The third-order valence-electron chi connectivity index (χ3n) is 7.05. The van der Waals surface area contributed by atoms with Gasteiger partial charge in [-0.2, -0.15) is 13.9 Å². The van der Waals surface area contributed by atoms with Gasteiger partial charge in [-0.1, -0.05) is 12.6 Å². The molecule has 0 bridgehead atoms. The van der Waals surface area contributed by atoms with Crippen LogP contribution in [0.3, 0.4) is 0 Å². The highest BCUT2D eigenvalue weighted by Crippen LogP contribution is 2.40. The van der Waals surface area contributed by atoms with Gasteiger partial charge in [0.2, 0.25) is 5.91 Å². The highest BCUT2D eigenvalue weighted by atomic mass is 19.3. The average Bonchev–Trinajstić information content (AvgIpc) is 3.37. The maximum absolute atomic E-state index is 13.6. The van der Waals surface area contributed by atoms with Crippen LogP contribution in [-0.4, -0.2) is 83.6 Å². The number of carbonyl (C=O) groups is 1. The SMILES string of the molecule is C=CC(=O)Nc1cc(Nc2cc(-c3ccc4c(cnn4C)c3)ncn2)c(OC(F)F)cc1N1CCN(CCOC)CC1. The van der Waals surface area contributed by atoms with Crippen LogP contribution in [-0.2, 0) is 16.6 Å². The second kappa shape index (κ2) is 12.9. The lowest BCUT2D eigenvalue weighted by molar-refractivity contribution is -0.111. The number of anilines is 4. The summed E-state index contributed by atoms with van der Waals surface area (Å²) in [7, 11) is 3.53. The fraction of sp³-hybridized carbons (Fsp3) is 0.310. The second-order valence-electron chi connectivity index (χ2n) is 9.71. The minimum Gasteiger partial charge on any atom is -0.433 e. The van der Waals surface area contributed by atoms with E-state index in [4.69, 9.17) is 9.47 Å². The number of benzene rings is 2. The molecule has 0 saturated carbocycles. The van der Waals surface area contributed by atoms with Crippen molar-refractivity contribution in [3.8, 4) is 17.0 Å². The summed E-state index contributed by atoms with van der Waals surface area (Å²) in [4.78, 5) is 25.3. The number of fused-ring (bicyclic) bond motifs is 1. The number of nitrogens with zero attached hydrogens (tertiary/aromatic N) is 6. The summed E-state index contributed by atoms with van der Waals surface area (Å²) in [6.45, 7) is 4.63. The maximum atomic E-state index is 13.6. The smallest absolute Gasteiger partial charge is 0.387 e. The first-order chi connectivity index (χ1) is 20.3. The molecule has 3 heterocycles. The predicted octanol–water partition coefficient (Wildman–Crippen LogP) is 4.27. The number of rotatable bonds is 11. The topological polar surface area (TPSA) is 110 Å². The van der Waals surface area contributed by atoms with E-state index in [0.717, 1.165) is 42.2 Å². The molecule has 2 N–H and O–H groups in total. The van der Waals surface area contributed by atoms with Gasteiger partial charge in [0.1, 0.15) is 12.1 Å². The second-order valence-corrected chi connectivity index (χ2v) is 9.71. The first-order valence-corrected chi connectivity index (χ1v) is 13.4. The van der Waals surface area contributed by atoms with E-state index in [1.165, 1.54) is 12.4 Å². The predicted molar refractivity (Wildman–Crippen MR) is 157 cm³/mol. The molecule has 220 valence electrons. The molecule has 0 radical (unpaired) electrons. The molecule has 42 heavy (non-hydrogen) atoms. The lowest BCUT2D eigenvalue weighted by Gasteiger charge is -2.37. The maximum Gasteiger partial charge on any atom is 0.387 e. The van der Waals surface area contributed by atoms with Crippen LogP contribution in [0.25, 0.3) is 22.2 Å². The van der Waals surface area contributed by atoms with Crippen LogP contribution in [0.4, 0.5) is 31.7 Å². The largest absolute Gasteiger partial charge is 0.433 e. The van der Waals surface area contributed by atoms with Crippen molar-refractivity contribution >= 4 is 39.7 Å². The van der Waals surface area contributed by atoms with Crippen LogP contribution < -0.4 is 20.3 Å². The van der Waals surface area contributed by atoms with Crippen LogP contribution in [0.2, 0.25) is 0 Å². The van der Waals surface area contributed by atoms with Crippen molar-refractivity contribution in [2.45, 2.75) is 6.61 Å². The molecule has 11 nitrogen and oxygen atoms in total. The van der Waals surface area contributed by atoms with Crippen molar-refractivity contribution in [1.82, 2.24) is 24.6 Å². The summed E-state index contributed by atoms with van der Waals surface area (Å²) in [5.74, 6) is -0.167. The van der Waals surface area contributed by atoms with Crippen molar-refractivity contribution in [2.75, 3.05) is 62.0 Å². The van der Waals surface area contributed by atoms with Gasteiger partial charge < -0.3 is 25.0 Å². The van der Waals surface area contributed by atoms with Gasteiger partial charge in [-0.15, -0.1) is 0 Å². The molecule has 1 fully saturated rings. The van der Waals surface area contributed by atoms with E-state index < -0.39 is 12.5 Å². The zero-order chi connectivity index (χ0) is 29.6. The summed E-state index contributed by atoms with van der Waals surface area (Å²) in [6, 6.07) is 10.6. The van der Waals surface area contributed by atoms with Crippen LogP contribution in [0, 0.1) is 0 Å². The van der Waals surface area contributed by atoms with Gasteiger partial charge in [0.25, 0.3) is 0 Å². The van der Waals surface area contributed by atoms with E-state index in [-0.39, 0.29) is 11.4 Å². The summed E-state index contributed by atoms with van der Waals surface area (Å²) in [5.41, 5.74) is 3.62. The molecule has 2 aromatic heterocycles. The Hall–Kier alpha value is -4.62. The van der Waals surface area contributed by atoms with E-state index in [2.05, 4.69) is 37.2 Å². The van der Waals surface area contributed by atoms with Gasteiger partial charge in [-0.25, -0.2) is 9.97 Å². The first-order valence-electron chi connectivity index (χ1n) is 13.4. The number of piperazine rings is 1. The molecular weight excluding hydrogens is 546 g/mol. The zero-order valence-corrected chi connectivity index (χ0v) is 23.4. The number of hydrogen-bond donors (Lipinski definition) is 2. The molecule has 1 aliphatic heterocycles. The Balaban J connectivity index is 1.46. The molecule has 13 heteroatoms. The Labute approximate surface area is 241 Å². The molecule has 5 rings (SSSR count). The minimum atomic E-state index is -3.06. The van der Waals surface area contributed by atoms with Crippen LogP contribution >= 0.6 is 0 Å². The van der Waals surface area contributed by atoms with Gasteiger partial charge in [0, 0.05) is 70.0 Å². The van der Waals surface area contributed by atoms with Gasteiger partial charge in [0.05, 0.1) is 41.1 Å². The highest BCUT2D eigenvalue weighted by molar-refractivity contribution is 6.02. The number of alkyl halides is 2. The molecule has 4 aromatic rings. The van der Waals surface area contributed by atoms with E-state index in [9.17, 15) is 13.6 Å². The molecule has 2 aromatic carbocycles. The molecular formula is C29H32F2N8O3. The normalized spacial score (nSPS) is 13.9. The van der Waals surface area contributed by atoms with Crippen molar-refractivity contribution in [2.24, 2.45) is 7.05 Å². The monoisotopic (exact) mass is 578 g/mol.